The summed E-state index contributed by atoms with van der Waals surface area (Å²) in [5.41, 5.74) is 6.14. The molecule has 119 valence electrons. The van der Waals surface area contributed by atoms with Crippen molar-refractivity contribution < 1.29 is 4.79 Å². The van der Waals surface area contributed by atoms with Gasteiger partial charge in [-0.25, -0.2) is 0 Å². The molecule has 0 saturated heterocycles. The molecule has 0 aliphatic heterocycles. The third-order valence-corrected chi connectivity index (χ3v) is 3.91. The standard InChI is InChI=1S/C22H25O/c1-6-11-17-18(12-7-2)20(14-9-4)22(16-23)21(15-10-5)19(17)13-8-3/h6-10H,1-5,11-15H2. The van der Waals surface area contributed by atoms with Crippen LogP contribution in [-0.2, 0) is 36.9 Å². The predicted molar refractivity (Wildman–Crippen MR) is 101 cm³/mol. The highest BCUT2D eigenvalue weighted by atomic mass is 16.1. The Kier molecular flexibility index (Phi) is 7.76. The van der Waals surface area contributed by atoms with Gasteiger partial charge >= 0.3 is 0 Å². The van der Waals surface area contributed by atoms with Crippen molar-refractivity contribution in [3.8, 4) is 0 Å². The molecule has 1 aromatic carbocycles. The molecule has 23 heavy (non-hydrogen) atoms. The van der Waals surface area contributed by atoms with Gasteiger partial charge in [0, 0.05) is 5.56 Å². The molecule has 0 N–H and O–H groups in total. The molecule has 0 aromatic heterocycles. The molecule has 0 unspecified atom stereocenters. The van der Waals surface area contributed by atoms with Crippen LogP contribution < -0.4 is 0 Å². The third-order valence-electron chi connectivity index (χ3n) is 3.91. The fourth-order valence-electron chi connectivity index (χ4n) is 3.06. The van der Waals surface area contributed by atoms with E-state index in [0.29, 0.717) is 31.2 Å². The summed E-state index contributed by atoms with van der Waals surface area (Å²) in [6.45, 7) is 19.3. The fraction of sp³-hybridized carbons (Fsp3) is 0.227. The molecular formula is C22H25O. The normalized spacial score (nSPS) is 9.91. The van der Waals surface area contributed by atoms with E-state index in [1.807, 2.05) is 30.4 Å². The number of hydrogen-bond donors (Lipinski definition) is 0. The topological polar surface area (TPSA) is 17.1 Å². The Bertz CT molecular complexity index is 587. The largest absolute Gasteiger partial charge is 0.285 e. The van der Waals surface area contributed by atoms with Crippen LogP contribution in [0.5, 0.6) is 0 Å². The highest BCUT2D eigenvalue weighted by molar-refractivity contribution is 5.83. The van der Waals surface area contributed by atoms with Crippen LogP contribution in [-0.4, -0.2) is 6.29 Å². The average Bonchev–Trinajstić information content (AvgIpc) is 2.54. The lowest BCUT2D eigenvalue weighted by atomic mass is 9.81. The fourth-order valence-corrected chi connectivity index (χ4v) is 3.06. The number of benzene rings is 1. The Morgan fingerprint density at radius 3 is 1.09 bits per heavy atom. The summed E-state index contributed by atoms with van der Waals surface area (Å²) >= 11 is 0. The van der Waals surface area contributed by atoms with E-state index < -0.39 is 0 Å². The lowest BCUT2D eigenvalue weighted by Gasteiger charge is -2.23. The van der Waals surface area contributed by atoms with E-state index in [4.69, 9.17) is 0 Å². The van der Waals surface area contributed by atoms with Gasteiger partial charge in [-0.2, -0.15) is 0 Å². The minimum Gasteiger partial charge on any atom is -0.285 e. The van der Waals surface area contributed by atoms with Crippen molar-refractivity contribution in [3.63, 3.8) is 0 Å². The highest BCUT2D eigenvalue weighted by Crippen LogP contribution is 2.31. The third kappa shape index (κ3) is 4.07. The summed E-state index contributed by atoms with van der Waals surface area (Å²) in [5.74, 6) is 0. The van der Waals surface area contributed by atoms with E-state index in [2.05, 4.69) is 39.2 Å². The first-order valence-electron chi connectivity index (χ1n) is 7.80. The monoisotopic (exact) mass is 305 g/mol. The van der Waals surface area contributed by atoms with E-state index in [0.717, 1.165) is 28.7 Å². The van der Waals surface area contributed by atoms with Crippen molar-refractivity contribution >= 4 is 6.29 Å². The van der Waals surface area contributed by atoms with Gasteiger partial charge in [0.1, 0.15) is 0 Å². The molecule has 1 nitrogen and oxygen atoms in total. The van der Waals surface area contributed by atoms with Crippen molar-refractivity contribution in [2.24, 2.45) is 0 Å². The van der Waals surface area contributed by atoms with Crippen LogP contribution in [0.2, 0.25) is 0 Å². The maximum absolute atomic E-state index is 11.7. The molecule has 0 aliphatic carbocycles. The van der Waals surface area contributed by atoms with E-state index in [1.54, 1.807) is 0 Å². The van der Waals surface area contributed by atoms with Gasteiger partial charge in [-0.15, -0.1) is 32.9 Å². The van der Waals surface area contributed by atoms with E-state index in [1.165, 1.54) is 5.56 Å². The zero-order chi connectivity index (χ0) is 17.2. The van der Waals surface area contributed by atoms with Crippen molar-refractivity contribution in [2.75, 3.05) is 0 Å². The van der Waals surface area contributed by atoms with Crippen LogP contribution in [0.4, 0.5) is 0 Å². The van der Waals surface area contributed by atoms with Gasteiger partial charge in [-0.3, -0.25) is 4.79 Å². The second-order valence-electron chi connectivity index (χ2n) is 5.33. The van der Waals surface area contributed by atoms with Gasteiger partial charge in [-0.1, -0.05) is 30.4 Å². The van der Waals surface area contributed by atoms with E-state index in [-0.39, 0.29) is 0 Å². The Morgan fingerprint density at radius 2 is 0.826 bits per heavy atom. The Morgan fingerprint density at radius 1 is 0.565 bits per heavy atom. The Labute approximate surface area is 140 Å². The van der Waals surface area contributed by atoms with Crippen molar-refractivity contribution in [2.45, 2.75) is 32.1 Å². The summed E-state index contributed by atoms with van der Waals surface area (Å²) in [6.07, 6.45) is 14.9. The van der Waals surface area contributed by atoms with Gasteiger partial charge in [0.25, 0.3) is 0 Å². The van der Waals surface area contributed by atoms with Crippen LogP contribution in [0, 0.1) is 0 Å². The quantitative estimate of drug-likeness (QED) is 0.537. The predicted octanol–water partition coefficient (Wildman–Crippen LogP) is 4.79. The van der Waals surface area contributed by atoms with Crippen molar-refractivity contribution in [3.05, 3.63) is 96.7 Å². The zero-order valence-electron chi connectivity index (χ0n) is 13.9. The smallest absolute Gasteiger partial charge is 0.234 e. The van der Waals surface area contributed by atoms with Crippen LogP contribution >= 0.6 is 0 Å². The summed E-state index contributed by atoms with van der Waals surface area (Å²) in [7, 11) is 0. The number of hydrogen-bond acceptors (Lipinski definition) is 1. The second-order valence-corrected chi connectivity index (χ2v) is 5.33. The molecule has 0 spiro atoms. The lowest BCUT2D eigenvalue weighted by molar-refractivity contribution is 0.562. The molecule has 1 rings (SSSR count). The molecule has 0 bridgehead atoms. The van der Waals surface area contributed by atoms with Crippen LogP contribution in [0.3, 0.4) is 0 Å². The lowest BCUT2D eigenvalue weighted by Crippen LogP contribution is -2.12. The van der Waals surface area contributed by atoms with E-state index in [9.17, 15) is 4.79 Å². The van der Waals surface area contributed by atoms with Crippen LogP contribution in [0.25, 0.3) is 0 Å². The zero-order valence-corrected chi connectivity index (χ0v) is 13.9. The molecule has 0 atom stereocenters. The first kappa shape index (κ1) is 18.6. The highest BCUT2D eigenvalue weighted by Gasteiger charge is 2.20. The molecule has 1 aromatic rings. The minimum absolute atomic E-state index is 0.635. The summed E-state index contributed by atoms with van der Waals surface area (Å²) in [6, 6.07) is 0. The maximum Gasteiger partial charge on any atom is 0.234 e. The molecule has 1 heteroatoms. The molecule has 0 amide bonds. The van der Waals surface area contributed by atoms with Gasteiger partial charge < -0.3 is 0 Å². The average molecular weight is 305 g/mol. The second kappa shape index (κ2) is 9.58. The first-order chi connectivity index (χ1) is 11.2. The summed E-state index contributed by atoms with van der Waals surface area (Å²) in [5, 5.41) is 0. The van der Waals surface area contributed by atoms with Crippen LogP contribution in [0.15, 0.2) is 63.3 Å². The van der Waals surface area contributed by atoms with Crippen molar-refractivity contribution in [1.82, 2.24) is 0 Å². The summed E-state index contributed by atoms with van der Waals surface area (Å²) < 4.78 is 0. The van der Waals surface area contributed by atoms with E-state index >= 15 is 0 Å². The molecular weight excluding hydrogens is 280 g/mol. The molecule has 0 fully saturated rings. The first-order valence-corrected chi connectivity index (χ1v) is 7.80. The number of rotatable bonds is 11. The summed E-state index contributed by atoms with van der Waals surface area (Å²) in [4.78, 5) is 11.7. The molecule has 1 radical (unpaired) electrons. The minimum atomic E-state index is 0.635. The van der Waals surface area contributed by atoms with Crippen molar-refractivity contribution in [1.29, 1.82) is 0 Å². The Balaban J connectivity index is 3.92. The van der Waals surface area contributed by atoms with Gasteiger partial charge in [-0.05, 0) is 59.9 Å². The van der Waals surface area contributed by atoms with Gasteiger partial charge in [0.2, 0.25) is 6.29 Å². The molecule has 0 aliphatic rings. The van der Waals surface area contributed by atoms with Crippen LogP contribution in [0.1, 0.15) is 33.4 Å². The molecule has 0 heterocycles. The Hall–Kier alpha value is -2.41. The number of allylic oxidation sites excluding steroid dienone is 5. The van der Waals surface area contributed by atoms with Gasteiger partial charge in [0.15, 0.2) is 0 Å². The number of carbonyl (C=O) groups excluding carboxylic acids is 1. The van der Waals surface area contributed by atoms with Gasteiger partial charge in [0.05, 0.1) is 0 Å². The SMILES string of the molecule is C=CCc1c([C]=O)c(CC=C)c(CC=C)c(CC=C)c1CC=C. The molecule has 0 saturated carbocycles. The maximum atomic E-state index is 11.7.